The number of aromatic nitrogens is 3. The average molecular weight is 983 g/mol. The number of hydrogen-bond acceptors (Lipinski definition) is 4. The summed E-state index contributed by atoms with van der Waals surface area (Å²) < 4.78 is 78.5. The number of rotatable bonds is 11. The minimum atomic E-state index is -1.03. The lowest BCUT2D eigenvalue weighted by molar-refractivity contribution is 0.144. The van der Waals surface area contributed by atoms with Crippen molar-refractivity contribution in [1.82, 2.24) is 15.0 Å². The Morgan fingerprint density at radius 1 is 0.646 bits per heavy atom. The largest absolute Gasteiger partial charge is 0.388 e. The van der Waals surface area contributed by atoms with Crippen LogP contribution in [-0.4, -0.2) is 47.2 Å². The monoisotopic (exact) mass is 981 g/mol. The van der Waals surface area contributed by atoms with Gasteiger partial charge in [0, 0.05) is 102 Å². The van der Waals surface area contributed by atoms with Crippen molar-refractivity contribution in [3.63, 3.8) is 0 Å². The number of fused-ring (bicyclic) bond motifs is 3. The minimum Gasteiger partial charge on any atom is -0.388 e. The number of benzene rings is 5. The van der Waals surface area contributed by atoms with E-state index in [2.05, 4.69) is 45.5 Å². The Labute approximate surface area is 394 Å². The van der Waals surface area contributed by atoms with Crippen molar-refractivity contribution in [1.29, 1.82) is 0 Å². The zero-order valence-electron chi connectivity index (χ0n) is 35.9. The van der Waals surface area contributed by atoms with Crippen LogP contribution in [0.4, 0.5) is 17.6 Å². The highest BCUT2D eigenvalue weighted by molar-refractivity contribution is 7.97. The maximum atomic E-state index is 14.6. The molecule has 0 radical (unpaired) electrons. The normalized spacial score (nSPS) is 15.3. The van der Waals surface area contributed by atoms with Gasteiger partial charge in [-0.05, 0) is 113 Å². The van der Waals surface area contributed by atoms with Crippen molar-refractivity contribution in [3.05, 3.63) is 176 Å². The second-order valence-electron chi connectivity index (χ2n) is 16.3. The third-order valence-corrected chi connectivity index (χ3v) is 13.9. The Morgan fingerprint density at radius 2 is 1.11 bits per heavy atom. The quantitative estimate of drug-likeness (QED) is 0.0970. The molecule has 0 bridgehead atoms. The third-order valence-electron chi connectivity index (χ3n) is 11.4. The molecule has 65 heavy (non-hydrogen) atoms. The molecule has 0 amide bonds. The van der Waals surface area contributed by atoms with Gasteiger partial charge in [0.25, 0.3) is 0 Å². The van der Waals surface area contributed by atoms with Gasteiger partial charge in [0.1, 0.15) is 23.3 Å². The predicted molar refractivity (Wildman–Crippen MR) is 263 cm³/mol. The lowest BCUT2D eigenvalue weighted by Gasteiger charge is -2.18. The molecule has 2 aliphatic rings. The second-order valence-corrected chi connectivity index (χ2v) is 20.9. The molecule has 3 aromatic heterocycles. The summed E-state index contributed by atoms with van der Waals surface area (Å²) in [7, 11) is -1.75. The van der Waals surface area contributed by atoms with Crippen LogP contribution >= 0.6 is 35.0 Å². The molecule has 4 atom stereocenters. The minimum absolute atomic E-state index is 0.000163. The van der Waals surface area contributed by atoms with Crippen molar-refractivity contribution in [2.24, 2.45) is 11.8 Å². The Bertz CT molecular complexity index is 2920. The van der Waals surface area contributed by atoms with E-state index in [1.807, 2.05) is 72.8 Å². The Balaban J connectivity index is 0.000000138. The van der Waals surface area contributed by atoms with E-state index in [-0.39, 0.29) is 38.9 Å². The SMILES string of the molecule is CS(=O)Cc1cccc2c(C(c3c(F)cc(Cl)cc3F)C3CC3)c[nH]c12.CS(=O)Cc1cccc2cc[nH]c12.CSCc1cccc2cc[nH]c12.OC(c1c(F)cc(Cl)cc1F)C1CC1. The number of aromatic amines is 3. The Hall–Kier alpha value is -4.37. The van der Waals surface area contributed by atoms with E-state index in [0.717, 1.165) is 76.7 Å². The van der Waals surface area contributed by atoms with Crippen molar-refractivity contribution in [2.45, 2.75) is 55.0 Å². The number of H-pyrrole nitrogens is 3. The zero-order valence-corrected chi connectivity index (χ0v) is 39.9. The molecule has 5 aromatic carbocycles. The van der Waals surface area contributed by atoms with Crippen LogP contribution in [0.2, 0.25) is 10.0 Å². The molecule has 3 heterocycles. The number of halogens is 6. The molecule has 2 saturated carbocycles. The Kier molecular flexibility index (Phi) is 16.4. The summed E-state index contributed by atoms with van der Waals surface area (Å²) in [5.41, 5.74) is 7.46. The highest BCUT2D eigenvalue weighted by Crippen LogP contribution is 2.50. The number of hydrogen-bond donors (Lipinski definition) is 4. The lowest BCUT2D eigenvalue weighted by Crippen LogP contribution is -2.08. The van der Waals surface area contributed by atoms with Crippen LogP contribution in [0.3, 0.4) is 0 Å². The molecule has 2 fully saturated rings. The summed E-state index contributed by atoms with van der Waals surface area (Å²) in [6, 6.07) is 26.8. The standard InChI is InChI=1S/C20H18ClF2NOS.C10H9ClF2O.C10H11NOS.C10H11NS/c1-26(25)10-12-3-2-4-14-15(9-24-20(12)14)18(11-5-6-11)19-16(22)7-13(21)8-17(19)23;11-6-3-7(12)9(8(13)4-6)10(14)5-1-2-5;1-13(12)7-9-4-2-3-8-5-6-11-10(8)9;1-12-7-9-4-2-3-8-5-6-11-10(8)9/h2-4,7-9,11,18,24H,5-6,10H2,1H3;3-5,10,14H,1-2H2;2-6,11H,7H2,1H3;2-6,11H,7H2,1H3. The van der Waals surface area contributed by atoms with Crippen LogP contribution in [0, 0.1) is 35.1 Å². The summed E-state index contributed by atoms with van der Waals surface area (Å²) in [6.45, 7) is 0. The highest BCUT2D eigenvalue weighted by atomic mass is 35.5. The first kappa shape index (κ1) is 48.6. The average Bonchev–Trinajstić information content (AvgIpc) is 4.12. The number of para-hydroxylation sites is 3. The van der Waals surface area contributed by atoms with Gasteiger partial charge in [-0.3, -0.25) is 8.42 Å². The lowest BCUT2D eigenvalue weighted by atomic mass is 9.86. The van der Waals surface area contributed by atoms with Gasteiger partial charge >= 0.3 is 0 Å². The fraction of sp³-hybridized carbons (Fsp3) is 0.280. The van der Waals surface area contributed by atoms with Gasteiger partial charge < -0.3 is 20.1 Å². The molecule has 0 aliphatic heterocycles. The van der Waals surface area contributed by atoms with E-state index in [1.54, 1.807) is 12.5 Å². The topological polar surface area (TPSA) is 102 Å². The molecule has 2 aliphatic carbocycles. The van der Waals surface area contributed by atoms with E-state index in [0.29, 0.717) is 11.5 Å². The molecule has 10 rings (SSSR count). The van der Waals surface area contributed by atoms with Gasteiger partial charge in [-0.1, -0.05) is 77.8 Å². The van der Waals surface area contributed by atoms with E-state index in [4.69, 9.17) is 23.2 Å². The molecule has 0 saturated heterocycles. The summed E-state index contributed by atoms with van der Waals surface area (Å²) in [5.74, 6) is -0.750. The van der Waals surface area contributed by atoms with Gasteiger partial charge in [-0.15, -0.1) is 0 Å². The van der Waals surface area contributed by atoms with Crippen molar-refractivity contribution in [2.75, 3.05) is 18.8 Å². The van der Waals surface area contributed by atoms with Gasteiger partial charge in [-0.2, -0.15) is 11.8 Å². The molecular formula is C50H49Cl2F4N3O3S3. The molecule has 0 spiro atoms. The van der Waals surface area contributed by atoms with E-state index in [1.165, 1.54) is 34.0 Å². The van der Waals surface area contributed by atoms with Crippen LogP contribution < -0.4 is 0 Å². The molecule has 6 nitrogen and oxygen atoms in total. The first-order valence-corrected chi connectivity index (χ1v) is 26.6. The van der Waals surface area contributed by atoms with Crippen LogP contribution in [0.25, 0.3) is 32.7 Å². The molecule has 342 valence electrons. The van der Waals surface area contributed by atoms with Crippen molar-refractivity contribution >= 4 is 89.3 Å². The second kappa shape index (κ2) is 22.0. The number of thioether (sulfide) groups is 1. The van der Waals surface area contributed by atoms with Gasteiger partial charge in [0.15, 0.2) is 0 Å². The summed E-state index contributed by atoms with van der Waals surface area (Å²) in [4.78, 5) is 9.66. The third kappa shape index (κ3) is 12.2. The van der Waals surface area contributed by atoms with Crippen LogP contribution in [0.15, 0.2) is 110 Å². The zero-order chi connectivity index (χ0) is 46.4. The van der Waals surface area contributed by atoms with E-state index < -0.39 is 51.0 Å². The highest BCUT2D eigenvalue weighted by Gasteiger charge is 2.38. The summed E-state index contributed by atoms with van der Waals surface area (Å²) in [6.07, 6.45) is 13.7. The number of nitrogens with one attached hydrogen (secondary N) is 3. The van der Waals surface area contributed by atoms with Crippen LogP contribution in [0.5, 0.6) is 0 Å². The number of aliphatic hydroxyl groups is 1. The fourth-order valence-corrected chi connectivity index (χ4v) is 10.5. The van der Waals surface area contributed by atoms with Gasteiger partial charge in [0.2, 0.25) is 0 Å². The van der Waals surface area contributed by atoms with Crippen LogP contribution in [0.1, 0.15) is 71.1 Å². The molecule has 4 N–H and O–H groups in total. The first-order chi connectivity index (χ1) is 31.2. The van der Waals surface area contributed by atoms with Crippen molar-refractivity contribution < 1.29 is 31.1 Å². The predicted octanol–water partition coefficient (Wildman–Crippen LogP) is 13.7. The molecular weight excluding hydrogens is 934 g/mol. The van der Waals surface area contributed by atoms with Crippen LogP contribution in [-0.2, 0) is 38.9 Å². The maximum absolute atomic E-state index is 14.6. The molecule has 4 unspecified atom stereocenters. The summed E-state index contributed by atoms with van der Waals surface area (Å²) >= 11 is 13.1. The summed E-state index contributed by atoms with van der Waals surface area (Å²) in [5, 5.41) is 13.1. The Morgan fingerprint density at radius 3 is 1.60 bits per heavy atom. The molecule has 15 heteroatoms. The van der Waals surface area contributed by atoms with Crippen molar-refractivity contribution in [3.8, 4) is 0 Å². The number of aliphatic hydroxyl groups excluding tert-OH is 1. The smallest absolute Gasteiger partial charge is 0.133 e. The van der Waals surface area contributed by atoms with E-state index in [9.17, 15) is 31.1 Å². The first-order valence-electron chi connectivity index (χ1n) is 21.0. The molecule has 8 aromatic rings. The fourth-order valence-electron chi connectivity index (χ4n) is 8.16. The van der Waals surface area contributed by atoms with E-state index >= 15 is 0 Å². The maximum Gasteiger partial charge on any atom is 0.133 e. The van der Waals surface area contributed by atoms with Gasteiger partial charge in [-0.25, -0.2) is 17.6 Å². The van der Waals surface area contributed by atoms with Gasteiger partial charge in [0.05, 0.1) is 23.2 Å².